The minimum Gasteiger partial charge on any atom is -0.486 e. The first-order valence-electron chi connectivity index (χ1n) is 4.98. The summed E-state index contributed by atoms with van der Waals surface area (Å²) in [5, 5.41) is 0. The Morgan fingerprint density at radius 2 is 1.87 bits per heavy atom. The standard InChI is InChI=1S/C11H11BrF2O/c12-9-5-7(13)6-10(14)11(9)15-8-3-1-2-4-8/h5-6,8H,1-4H2. The zero-order valence-electron chi connectivity index (χ0n) is 8.10. The molecular formula is C11H11BrF2O. The van der Waals surface area contributed by atoms with Gasteiger partial charge in [0.2, 0.25) is 0 Å². The van der Waals surface area contributed by atoms with Crippen LogP contribution in [0.25, 0.3) is 0 Å². The summed E-state index contributed by atoms with van der Waals surface area (Å²) in [4.78, 5) is 0. The highest BCUT2D eigenvalue weighted by Gasteiger charge is 2.20. The topological polar surface area (TPSA) is 9.23 Å². The number of ether oxygens (including phenoxy) is 1. The predicted octanol–water partition coefficient (Wildman–Crippen LogP) is 4.05. The van der Waals surface area contributed by atoms with E-state index in [1.54, 1.807) is 0 Å². The van der Waals surface area contributed by atoms with Gasteiger partial charge in [0.25, 0.3) is 0 Å². The van der Waals surface area contributed by atoms with Crippen LogP contribution < -0.4 is 4.74 Å². The number of benzene rings is 1. The Bertz CT molecular complexity index is 339. The van der Waals surface area contributed by atoms with Crippen molar-refractivity contribution in [3.8, 4) is 5.75 Å². The van der Waals surface area contributed by atoms with Crippen LogP contribution in [0.3, 0.4) is 0 Å². The molecule has 1 aliphatic carbocycles. The van der Waals surface area contributed by atoms with Crippen molar-refractivity contribution >= 4 is 15.9 Å². The summed E-state index contributed by atoms with van der Waals surface area (Å²) in [5.74, 6) is -1.12. The van der Waals surface area contributed by atoms with Crippen LogP contribution in [0.2, 0.25) is 0 Å². The molecule has 82 valence electrons. The SMILES string of the molecule is Fc1cc(F)c(OC2CCCC2)c(Br)c1. The number of hydrogen-bond acceptors (Lipinski definition) is 1. The third-order valence-corrected chi connectivity index (χ3v) is 3.14. The van der Waals surface area contributed by atoms with Crippen LogP contribution in [0.5, 0.6) is 5.75 Å². The maximum atomic E-state index is 13.4. The number of halogens is 3. The van der Waals surface area contributed by atoms with Gasteiger partial charge < -0.3 is 4.74 Å². The molecule has 15 heavy (non-hydrogen) atoms. The van der Waals surface area contributed by atoms with Gasteiger partial charge in [-0.15, -0.1) is 0 Å². The fraction of sp³-hybridized carbons (Fsp3) is 0.455. The number of rotatable bonds is 2. The highest BCUT2D eigenvalue weighted by Crippen LogP contribution is 2.32. The Kier molecular flexibility index (Phi) is 3.24. The lowest BCUT2D eigenvalue weighted by Gasteiger charge is -2.14. The third kappa shape index (κ3) is 2.48. The van der Waals surface area contributed by atoms with Gasteiger partial charge in [-0.2, -0.15) is 0 Å². The van der Waals surface area contributed by atoms with E-state index in [4.69, 9.17) is 4.74 Å². The first-order chi connectivity index (χ1) is 7.16. The molecule has 0 heterocycles. The quantitative estimate of drug-likeness (QED) is 0.792. The van der Waals surface area contributed by atoms with Gasteiger partial charge in [-0.05, 0) is 47.7 Å². The van der Waals surface area contributed by atoms with Crippen LogP contribution in [-0.4, -0.2) is 6.10 Å². The van der Waals surface area contributed by atoms with E-state index in [1.165, 1.54) is 6.07 Å². The molecule has 0 radical (unpaired) electrons. The van der Waals surface area contributed by atoms with E-state index in [0.717, 1.165) is 31.7 Å². The first-order valence-corrected chi connectivity index (χ1v) is 5.77. The van der Waals surface area contributed by atoms with Crippen molar-refractivity contribution in [3.05, 3.63) is 28.2 Å². The lowest BCUT2D eigenvalue weighted by molar-refractivity contribution is 0.199. The molecule has 1 aliphatic rings. The van der Waals surface area contributed by atoms with Gasteiger partial charge in [0, 0.05) is 6.07 Å². The smallest absolute Gasteiger partial charge is 0.169 e. The maximum absolute atomic E-state index is 13.4. The molecule has 2 rings (SSSR count). The second kappa shape index (κ2) is 4.47. The van der Waals surface area contributed by atoms with E-state index in [9.17, 15) is 8.78 Å². The largest absolute Gasteiger partial charge is 0.486 e. The average Bonchev–Trinajstić information content (AvgIpc) is 2.63. The second-order valence-corrected chi connectivity index (χ2v) is 4.58. The number of hydrogen-bond donors (Lipinski definition) is 0. The van der Waals surface area contributed by atoms with E-state index >= 15 is 0 Å². The van der Waals surface area contributed by atoms with Crippen molar-refractivity contribution in [2.24, 2.45) is 0 Å². The Morgan fingerprint density at radius 1 is 1.20 bits per heavy atom. The molecular weight excluding hydrogens is 266 g/mol. The predicted molar refractivity (Wildman–Crippen MR) is 56.9 cm³/mol. The molecule has 0 spiro atoms. The molecule has 1 saturated carbocycles. The van der Waals surface area contributed by atoms with E-state index in [1.807, 2.05) is 0 Å². The summed E-state index contributed by atoms with van der Waals surface area (Å²) in [6, 6.07) is 2.06. The minimum absolute atomic E-state index is 0.0706. The van der Waals surface area contributed by atoms with E-state index in [2.05, 4.69) is 15.9 Å². The van der Waals surface area contributed by atoms with Gasteiger partial charge in [-0.3, -0.25) is 0 Å². The van der Waals surface area contributed by atoms with Crippen molar-refractivity contribution in [2.45, 2.75) is 31.8 Å². The zero-order chi connectivity index (χ0) is 10.8. The summed E-state index contributed by atoms with van der Waals surface area (Å²) in [5.41, 5.74) is 0. The maximum Gasteiger partial charge on any atom is 0.169 e. The van der Waals surface area contributed by atoms with Crippen molar-refractivity contribution in [2.75, 3.05) is 0 Å². The molecule has 4 heteroatoms. The van der Waals surface area contributed by atoms with E-state index in [0.29, 0.717) is 4.47 Å². The van der Waals surface area contributed by atoms with Crippen LogP contribution in [0.4, 0.5) is 8.78 Å². The monoisotopic (exact) mass is 276 g/mol. The summed E-state index contributed by atoms with van der Waals surface area (Å²) in [6.45, 7) is 0. The van der Waals surface area contributed by atoms with Crippen LogP contribution >= 0.6 is 15.9 Å². The van der Waals surface area contributed by atoms with Crippen molar-refractivity contribution in [1.82, 2.24) is 0 Å². The minimum atomic E-state index is -0.645. The Balaban J connectivity index is 2.19. The van der Waals surface area contributed by atoms with Crippen LogP contribution in [0.1, 0.15) is 25.7 Å². The van der Waals surface area contributed by atoms with Crippen molar-refractivity contribution in [1.29, 1.82) is 0 Å². The molecule has 1 fully saturated rings. The molecule has 0 atom stereocenters. The molecule has 1 aromatic rings. The van der Waals surface area contributed by atoms with Gasteiger partial charge >= 0.3 is 0 Å². The highest BCUT2D eigenvalue weighted by molar-refractivity contribution is 9.10. The van der Waals surface area contributed by atoms with Gasteiger partial charge in [-0.1, -0.05) is 0 Å². The Hall–Kier alpha value is -0.640. The van der Waals surface area contributed by atoms with Crippen molar-refractivity contribution in [3.63, 3.8) is 0 Å². The zero-order valence-corrected chi connectivity index (χ0v) is 9.69. The van der Waals surface area contributed by atoms with E-state index in [-0.39, 0.29) is 11.9 Å². The first kappa shape index (κ1) is 10.9. The molecule has 0 aliphatic heterocycles. The summed E-state index contributed by atoms with van der Waals surface area (Å²) in [7, 11) is 0. The molecule has 0 amide bonds. The summed E-state index contributed by atoms with van der Waals surface area (Å²) in [6.07, 6.45) is 4.20. The highest BCUT2D eigenvalue weighted by atomic mass is 79.9. The average molecular weight is 277 g/mol. The Morgan fingerprint density at radius 3 is 2.47 bits per heavy atom. The molecule has 1 aromatic carbocycles. The van der Waals surface area contributed by atoms with Gasteiger partial charge in [0.1, 0.15) is 5.82 Å². The molecule has 0 bridgehead atoms. The third-order valence-electron chi connectivity index (χ3n) is 2.55. The Labute approximate surface area is 95.6 Å². The van der Waals surface area contributed by atoms with Crippen LogP contribution in [0.15, 0.2) is 16.6 Å². The lowest BCUT2D eigenvalue weighted by atomic mass is 10.3. The molecule has 0 aromatic heterocycles. The van der Waals surface area contributed by atoms with Crippen molar-refractivity contribution < 1.29 is 13.5 Å². The summed E-state index contributed by atoms with van der Waals surface area (Å²) >= 11 is 3.10. The molecule has 1 nitrogen and oxygen atoms in total. The van der Waals surface area contributed by atoms with Gasteiger partial charge in [0.15, 0.2) is 11.6 Å². The van der Waals surface area contributed by atoms with E-state index < -0.39 is 11.6 Å². The van der Waals surface area contributed by atoms with Gasteiger partial charge in [0.05, 0.1) is 10.6 Å². The second-order valence-electron chi connectivity index (χ2n) is 3.72. The van der Waals surface area contributed by atoms with Gasteiger partial charge in [-0.25, -0.2) is 8.78 Å². The fourth-order valence-electron chi connectivity index (χ4n) is 1.81. The molecule has 0 saturated heterocycles. The fourth-order valence-corrected chi connectivity index (χ4v) is 2.32. The van der Waals surface area contributed by atoms with Crippen LogP contribution in [0, 0.1) is 11.6 Å². The van der Waals surface area contributed by atoms with Crippen LogP contribution in [-0.2, 0) is 0 Å². The lowest BCUT2D eigenvalue weighted by Crippen LogP contribution is -2.12. The normalized spacial score (nSPS) is 17.0. The molecule has 0 unspecified atom stereocenters. The molecule has 0 N–H and O–H groups in total. The summed E-state index contributed by atoms with van der Waals surface area (Å²) < 4.78 is 32.0.